The van der Waals surface area contributed by atoms with Gasteiger partial charge < -0.3 is 10.1 Å². The molecular formula is C21H29N3O3S. The van der Waals surface area contributed by atoms with Gasteiger partial charge >= 0.3 is 0 Å². The van der Waals surface area contributed by atoms with Gasteiger partial charge in [-0.1, -0.05) is 45.0 Å². The highest BCUT2D eigenvalue weighted by Crippen LogP contribution is 2.17. The number of nitrogens with zero attached hydrogens (tertiary/aromatic N) is 2. The molecule has 1 N–H and O–H groups in total. The van der Waals surface area contributed by atoms with Gasteiger partial charge in [-0.25, -0.2) is 0 Å². The zero-order chi connectivity index (χ0) is 20.7. The smallest absolute Gasteiger partial charge is 0.247 e. The van der Waals surface area contributed by atoms with Crippen LogP contribution in [0.5, 0.6) is 0 Å². The lowest BCUT2D eigenvalue weighted by atomic mass is 9.96. The molecule has 1 fully saturated rings. The van der Waals surface area contributed by atoms with E-state index >= 15 is 0 Å². The van der Waals surface area contributed by atoms with Crippen LogP contribution in [0, 0.1) is 5.92 Å². The summed E-state index contributed by atoms with van der Waals surface area (Å²) in [5, 5.41) is 2.75. The SMILES string of the molecule is CCC(=NCCc1ccc(C(C)C)cc1)C1C(=O)NC(=S)N(CCOC)C1=O. The third kappa shape index (κ3) is 5.45. The Balaban J connectivity index is 2.08. The van der Waals surface area contributed by atoms with Gasteiger partial charge in [0.2, 0.25) is 11.8 Å². The van der Waals surface area contributed by atoms with E-state index in [0.717, 1.165) is 6.42 Å². The zero-order valence-corrected chi connectivity index (χ0v) is 17.8. The summed E-state index contributed by atoms with van der Waals surface area (Å²) in [6.45, 7) is 7.43. The van der Waals surface area contributed by atoms with Crippen LogP contribution in [0.25, 0.3) is 0 Å². The van der Waals surface area contributed by atoms with Crippen molar-refractivity contribution in [1.82, 2.24) is 10.2 Å². The summed E-state index contributed by atoms with van der Waals surface area (Å²) in [5.74, 6) is -1.14. The Hall–Kier alpha value is -2.12. The lowest BCUT2D eigenvalue weighted by Gasteiger charge is -2.32. The van der Waals surface area contributed by atoms with Crippen molar-refractivity contribution in [3.05, 3.63) is 35.4 Å². The second kappa shape index (κ2) is 10.4. The van der Waals surface area contributed by atoms with Gasteiger partial charge in [-0.2, -0.15) is 0 Å². The maximum Gasteiger partial charge on any atom is 0.247 e. The summed E-state index contributed by atoms with van der Waals surface area (Å²) in [5.41, 5.74) is 3.08. The maximum atomic E-state index is 12.8. The summed E-state index contributed by atoms with van der Waals surface area (Å²) in [7, 11) is 1.56. The molecule has 0 saturated carbocycles. The van der Waals surface area contributed by atoms with Crippen molar-refractivity contribution < 1.29 is 14.3 Å². The van der Waals surface area contributed by atoms with Crippen molar-refractivity contribution >= 4 is 34.9 Å². The molecule has 2 rings (SSSR count). The molecule has 1 saturated heterocycles. The number of benzene rings is 1. The van der Waals surface area contributed by atoms with Crippen LogP contribution in [0.1, 0.15) is 44.2 Å². The Labute approximate surface area is 172 Å². The third-order valence-electron chi connectivity index (χ3n) is 4.83. The van der Waals surface area contributed by atoms with Crippen molar-refractivity contribution in [2.24, 2.45) is 10.9 Å². The lowest BCUT2D eigenvalue weighted by Crippen LogP contribution is -2.60. The maximum absolute atomic E-state index is 12.8. The number of rotatable bonds is 9. The number of nitrogens with one attached hydrogen (secondary N) is 1. The predicted molar refractivity (Wildman–Crippen MR) is 115 cm³/mol. The molecule has 7 heteroatoms. The Morgan fingerprint density at radius 3 is 2.54 bits per heavy atom. The normalized spacial score (nSPS) is 18.0. The summed E-state index contributed by atoms with van der Waals surface area (Å²) < 4.78 is 5.03. The van der Waals surface area contributed by atoms with Crippen LogP contribution >= 0.6 is 12.2 Å². The number of aliphatic imine (C=N–C) groups is 1. The van der Waals surface area contributed by atoms with Gasteiger partial charge in [0.1, 0.15) is 0 Å². The van der Waals surface area contributed by atoms with Crippen molar-refractivity contribution in [3.8, 4) is 0 Å². The molecule has 0 aliphatic carbocycles. The molecule has 2 amide bonds. The number of thiocarbonyl (C=S) groups is 1. The fourth-order valence-corrected chi connectivity index (χ4v) is 3.39. The Kier molecular flexibility index (Phi) is 8.26. The first-order valence-electron chi connectivity index (χ1n) is 9.66. The average Bonchev–Trinajstić information content (AvgIpc) is 2.66. The molecule has 1 aliphatic heterocycles. The number of carbonyl (C=O) groups is 2. The first-order chi connectivity index (χ1) is 13.4. The van der Waals surface area contributed by atoms with Crippen LogP contribution in [0.15, 0.2) is 29.3 Å². The first kappa shape index (κ1) is 22.2. The quantitative estimate of drug-likeness (QED) is 0.391. The minimum Gasteiger partial charge on any atom is -0.383 e. The fraction of sp³-hybridized carbons (Fsp3) is 0.524. The van der Waals surface area contributed by atoms with Gasteiger partial charge in [-0.3, -0.25) is 19.5 Å². The highest BCUT2D eigenvalue weighted by molar-refractivity contribution is 7.80. The number of hydrogen-bond acceptors (Lipinski definition) is 5. The Morgan fingerprint density at radius 1 is 1.29 bits per heavy atom. The van der Waals surface area contributed by atoms with Crippen LogP contribution in [-0.2, 0) is 20.7 Å². The van der Waals surface area contributed by atoms with E-state index in [9.17, 15) is 9.59 Å². The Morgan fingerprint density at radius 2 is 1.96 bits per heavy atom. The van der Waals surface area contributed by atoms with Crippen LogP contribution in [0.3, 0.4) is 0 Å². The second-order valence-corrected chi connectivity index (χ2v) is 7.47. The summed E-state index contributed by atoms with van der Waals surface area (Å²) in [6.07, 6.45) is 1.29. The van der Waals surface area contributed by atoms with Crippen molar-refractivity contribution in [2.45, 2.75) is 39.5 Å². The van der Waals surface area contributed by atoms with Gasteiger partial charge in [-0.05, 0) is 42.1 Å². The summed E-state index contributed by atoms with van der Waals surface area (Å²) in [6, 6.07) is 8.49. The second-order valence-electron chi connectivity index (χ2n) is 7.08. The molecule has 1 heterocycles. The van der Waals surface area contributed by atoms with Crippen molar-refractivity contribution in [1.29, 1.82) is 0 Å². The van der Waals surface area contributed by atoms with E-state index in [4.69, 9.17) is 17.0 Å². The van der Waals surface area contributed by atoms with E-state index in [1.54, 1.807) is 7.11 Å². The van der Waals surface area contributed by atoms with E-state index < -0.39 is 11.8 Å². The van der Waals surface area contributed by atoms with Crippen LogP contribution in [0.2, 0.25) is 0 Å². The van der Waals surface area contributed by atoms with Gasteiger partial charge in [0.05, 0.1) is 13.2 Å². The lowest BCUT2D eigenvalue weighted by molar-refractivity contribution is -0.138. The van der Waals surface area contributed by atoms with Crippen LogP contribution < -0.4 is 5.32 Å². The minimum atomic E-state index is -0.920. The van der Waals surface area contributed by atoms with E-state index in [0.29, 0.717) is 37.7 Å². The first-order valence-corrected chi connectivity index (χ1v) is 10.1. The highest BCUT2D eigenvalue weighted by Gasteiger charge is 2.40. The molecule has 1 aliphatic rings. The third-order valence-corrected chi connectivity index (χ3v) is 5.15. The number of methoxy groups -OCH3 is 1. The molecule has 6 nitrogen and oxygen atoms in total. The standard InChI is InChI=1S/C21H29N3O3S/c1-5-17(22-11-10-15-6-8-16(9-7-15)14(2)3)18-19(25)23-21(28)24(20(18)26)12-13-27-4/h6-9,14,18H,5,10-13H2,1-4H3,(H,23,25,28). The van der Waals surface area contributed by atoms with Gasteiger partial charge in [0.15, 0.2) is 11.0 Å². The summed E-state index contributed by atoms with van der Waals surface area (Å²) >= 11 is 5.13. The molecule has 1 aromatic carbocycles. The highest BCUT2D eigenvalue weighted by atomic mass is 32.1. The Bertz CT molecular complexity index is 744. The van der Waals surface area contributed by atoms with E-state index in [1.807, 2.05) is 6.92 Å². The number of ether oxygens (including phenoxy) is 1. The predicted octanol–water partition coefficient (Wildman–Crippen LogP) is 2.71. The van der Waals surface area contributed by atoms with Crippen LogP contribution in [0.4, 0.5) is 0 Å². The molecule has 1 aromatic rings. The van der Waals surface area contributed by atoms with E-state index in [-0.39, 0.29) is 11.0 Å². The fourth-order valence-electron chi connectivity index (χ4n) is 3.11. The van der Waals surface area contributed by atoms with Gasteiger partial charge in [-0.15, -0.1) is 0 Å². The average molecular weight is 404 g/mol. The van der Waals surface area contributed by atoms with Crippen molar-refractivity contribution in [2.75, 3.05) is 26.8 Å². The molecule has 0 bridgehead atoms. The monoisotopic (exact) mass is 403 g/mol. The molecule has 28 heavy (non-hydrogen) atoms. The topological polar surface area (TPSA) is 71.0 Å². The molecule has 1 atom stereocenters. The molecule has 0 spiro atoms. The molecule has 0 radical (unpaired) electrons. The largest absolute Gasteiger partial charge is 0.383 e. The number of carbonyl (C=O) groups excluding carboxylic acids is 2. The minimum absolute atomic E-state index is 0.129. The van der Waals surface area contributed by atoms with E-state index in [2.05, 4.69) is 48.4 Å². The summed E-state index contributed by atoms with van der Waals surface area (Å²) in [4.78, 5) is 31.2. The van der Waals surface area contributed by atoms with Crippen LogP contribution in [-0.4, -0.2) is 54.3 Å². The van der Waals surface area contributed by atoms with E-state index in [1.165, 1.54) is 16.0 Å². The molecule has 1 unspecified atom stereocenters. The molecular weight excluding hydrogens is 374 g/mol. The number of hydrogen-bond donors (Lipinski definition) is 1. The molecule has 152 valence electrons. The number of amides is 2. The van der Waals surface area contributed by atoms with Gasteiger partial charge in [0.25, 0.3) is 0 Å². The zero-order valence-electron chi connectivity index (χ0n) is 17.0. The van der Waals surface area contributed by atoms with Gasteiger partial charge in [0, 0.05) is 19.4 Å². The molecule has 0 aromatic heterocycles. The van der Waals surface area contributed by atoms with Crippen molar-refractivity contribution in [3.63, 3.8) is 0 Å².